The van der Waals surface area contributed by atoms with Crippen molar-refractivity contribution in [2.24, 2.45) is 0 Å². The van der Waals surface area contributed by atoms with Crippen LogP contribution < -0.4 is 9.47 Å². The van der Waals surface area contributed by atoms with Crippen LogP contribution >= 0.6 is 11.6 Å². The van der Waals surface area contributed by atoms with E-state index in [1.807, 2.05) is 6.07 Å². The van der Waals surface area contributed by atoms with Crippen molar-refractivity contribution in [2.45, 2.75) is 6.54 Å². The van der Waals surface area contributed by atoms with Crippen molar-refractivity contribution in [1.82, 2.24) is 4.57 Å². The quantitative estimate of drug-likeness (QED) is 0.921. The lowest BCUT2D eigenvalue weighted by Crippen LogP contribution is -2.09. The topological polar surface area (TPSA) is 60.7 Å². The molecule has 0 aliphatic carbocycles. The summed E-state index contributed by atoms with van der Waals surface area (Å²) in [5, 5.41) is 9.52. The normalized spacial score (nSPS) is 10.3. The van der Waals surface area contributed by atoms with Gasteiger partial charge in [-0.05, 0) is 18.2 Å². The van der Waals surface area contributed by atoms with Crippen molar-refractivity contribution in [3.63, 3.8) is 0 Å². The molecule has 1 aromatic carbocycles. The highest BCUT2D eigenvalue weighted by molar-refractivity contribution is 6.30. The Balaban J connectivity index is 2.37. The van der Waals surface area contributed by atoms with E-state index in [2.05, 4.69) is 0 Å². The summed E-state index contributed by atoms with van der Waals surface area (Å²) in [6.07, 6.45) is 1.58. The molecule has 0 bridgehead atoms. The number of carboxylic acids is 1. The summed E-state index contributed by atoms with van der Waals surface area (Å²) in [5.41, 5.74) is 0.968. The Morgan fingerprint density at radius 3 is 2.65 bits per heavy atom. The number of carbonyl (C=O) groups is 1. The third kappa shape index (κ3) is 2.88. The highest BCUT2D eigenvalue weighted by atomic mass is 35.5. The first-order chi connectivity index (χ1) is 9.55. The molecule has 0 radical (unpaired) electrons. The zero-order chi connectivity index (χ0) is 14.7. The van der Waals surface area contributed by atoms with Gasteiger partial charge in [0.15, 0.2) is 0 Å². The third-order valence-electron chi connectivity index (χ3n) is 2.92. The molecule has 2 rings (SSSR count). The SMILES string of the molecule is COc1ccc(Cn2cc(Cl)cc2C(=O)O)c(OC)c1. The van der Waals surface area contributed by atoms with Crippen LogP contribution in [-0.4, -0.2) is 29.9 Å². The van der Waals surface area contributed by atoms with Gasteiger partial charge in [0.25, 0.3) is 0 Å². The second-order valence-corrected chi connectivity index (χ2v) is 4.59. The molecule has 0 spiro atoms. The number of carboxylic acid groups (broad SMARTS) is 1. The Morgan fingerprint density at radius 1 is 1.30 bits per heavy atom. The molecule has 2 aromatic rings. The van der Waals surface area contributed by atoms with Gasteiger partial charge < -0.3 is 19.1 Å². The summed E-state index contributed by atoms with van der Waals surface area (Å²) in [7, 11) is 3.13. The zero-order valence-electron chi connectivity index (χ0n) is 11.1. The maximum atomic E-state index is 11.1. The van der Waals surface area contributed by atoms with E-state index in [9.17, 15) is 4.79 Å². The van der Waals surface area contributed by atoms with Gasteiger partial charge >= 0.3 is 5.97 Å². The summed E-state index contributed by atoms with van der Waals surface area (Å²) in [4.78, 5) is 11.1. The molecule has 0 aliphatic heterocycles. The lowest BCUT2D eigenvalue weighted by Gasteiger charge is -2.12. The Kier molecular flexibility index (Phi) is 4.20. The number of methoxy groups -OCH3 is 2. The molecule has 1 heterocycles. The van der Waals surface area contributed by atoms with Crippen LogP contribution in [0.25, 0.3) is 0 Å². The first-order valence-electron chi connectivity index (χ1n) is 5.85. The van der Waals surface area contributed by atoms with E-state index in [1.54, 1.807) is 37.1 Å². The van der Waals surface area contributed by atoms with Crippen LogP contribution in [0.15, 0.2) is 30.5 Å². The van der Waals surface area contributed by atoms with Crippen LogP contribution in [0, 0.1) is 0 Å². The van der Waals surface area contributed by atoms with E-state index >= 15 is 0 Å². The van der Waals surface area contributed by atoms with Crippen molar-refractivity contribution in [2.75, 3.05) is 14.2 Å². The summed E-state index contributed by atoms with van der Waals surface area (Å²) in [5.74, 6) is 0.282. The average molecular weight is 296 g/mol. The second-order valence-electron chi connectivity index (χ2n) is 4.15. The van der Waals surface area contributed by atoms with Crippen LogP contribution in [0.3, 0.4) is 0 Å². The summed E-state index contributed by atoms with van der Waals surface area (Å²) in [6, 6.07) is 6.79. The second kappa shape index (κ2) is 5.88. The molecule has 1 N–H and O–H groups in total. The van der Waals surface area contributed by atoms with E-state index in [1.165, 1.54) is 6.07 Å². The standard InChI is InChI=1S/C14H14ClNO4/c1-19-11-4-3-9(13(6-11)20-2)7-16-8-10(15)5-12(16)14(17)18/h3-6,8H,7H2,1-2H3,(H,17,18). The van der Waals surface area contributed by atoms with E-state index in [0.717, 1.165) is 5.56 Å². The number of halogens is 1. The van der Waals surface area contributed by atoms with E-state index in [4.69, 9.17) is 26.2 Å². The number of aromatic nitrogens is 1. The van der Waals surface area contributed by atoms with Crippen molar-refractivity contribution < 1.29 is 19.4 Å². The maximum Gasteiger partial charge on any atom is 0.352 e. The molecule has 1 aromatic heterocycles. The Bertz CT molecular complexity index is 636. The predicted molar refractivity (Wildman–Crippen MR) is 75.0 cm³/mol. The smallest absolute Gasteiger partial charge is 0.352 e. The maximum absolute atomic E-state index is 11.1. The number of ether oxygens (including phenoxy) is 2. The lowest BCUT2D eigenvalue weighted by atomic mass is 10.2. The number of nitrogens with zero attached hydrogens (tertiary/aromatic N) is 1. The van der Waals surface area contributed by atoms with Gasteiger partial charge in [0.05, 0.1) is 25.8 Å². The molecular weight excluding hydrogens is 282 g/mol. The molecule has 0 saturated heterocycles. The Labute approximate surface area is 121 Å². The van der Waals surface area contributed by atoms with Crippen molar-refractivity contribution >= 4 is 17.6 Å². The fraction of sp³-hybridized carbons (Fsp3) is 0.214. The fourth-order valence-corrected chi connectivity index (χ4v) is 2.17. The molecule has 20 heavy (non-hydrogen) atoms. The van der Waals surface area contributed by atoms with E-state index in [-0.39, 0.29) is 5.69 Å². The lowest BCUT2D eigenvalue weighted by molar-refractivity contribution is 0.0685. The molecule has 0 aliphatic rings. The van der Waals surface area contributed by atoms with Crippen LogP contribution in [-0.2, 0) is 6.54 Å². The summed E-state index contributed by atoms with van der Waals surface area (Å²) >= 11 is 5.86. The van der Waals surface area contributed by atoms with E-state index in [0.29, 0.717) is 23.1 Å². The number of benzene rings is 1. The van der Waals surface area contributed by atoms with Crippen LogP contribution in [0.1, 0.15) is 16.1 Å². The molecular formula is C14H14ClNO4. The fourth-order valence-electron chi connectivity index (χ4n) is 1.95. The number of aromatic carboxylic acids is 1. The monoisotopic (exact) mass is 295 g/mol. The minimum atomic E-state index is -1.02. The summed E-state index contributed by atoms with van der Waals surface area (Å²) < 4.78 is 12.0. The first kappa shape index (κ1) is 14.3. The highest BCUT2D eigenvalue weighted by Gasteiger charge is 2.14. The summed E-state index contributed by atoms with van der Waals surface area (Å²) in [6.45, 7) is 0.349. The van der Waals surface area contributed by atoms with Crippen molar-refractivity contribution in [1.29, 1.82) is 0 Å². The van der Waals surface area contributed by atoms with Crippen molar-refractivity contribution in [3.05, 3.63) is 46.7 Å². The first-order valence-corrected chi connectivity index (χ1v) is 6.23. The number of hydrogen-bond donors (Lipinski definition) is 1. The van der Waals surface area contributed by atoms with Gasteiger partial charge in [0, 0.05) is 17.8 Å². The van der Waals surface area contributed by atoms with Gasteiger partial charge in [0.1, 0.15) is 17.2 Å². The van der Waals surface area contributed by atoms with Gasteiger partial charge in [-0.2, -0.15) is 0 Å². The van der Waals surface area contributed by atoms with Gasteiger partial charge in [0.2, 0.25) is 0 Å². The largest absolute Gasteiger partial charge is 0.497 e. The third-order valence-corrected chi connectivity index (χ3v) is 3.12. The molecule has 5 nitrogen and oxygen atoms in total. The van der Waals surface area contributed by atoms with Gasteiger partial charge in [-0.3, -0.25) is 0 Å². The van der Waals surface area contributed by atoms with Gasteiger partial charge in [-0.15, -0.1) is 0 Å². The van der Waals surface area contributed by atoms with Crippen LogP contribution in [0.4, 0.5) is 0 Å². The Hall–Kier alpha value is -2.14. The molecule has 0 saturated carbocycles. The van der Waals surface area contributed by atoms with Crippen LogP contribution in [0.2, 0.25) is 5.02 Å². The molecule has 0 fully saturated rings. The molecule has 6 heteroatoms. The minimum absolute atomic E-state index is 0.132. The average Bonchev–Trinajstić information content (AvgIpc) is 2.80. The molecule has 0 unspecified atom stereocenters. The Morgan fingerprint density at radius 2 is 2.05 bits per heavy atom. The van der Waals surface area contributed by atoms with Gasteiger partial charge in [-0.1, -0.05) is 11.6 Å². The number of rotatable bonds is 5. The zero-order valence-corrected chi connectivity index (χ0v) is 11.8. The molecule has 0 atom stereocenters. The van der Waals surface area contributed by atoms with Crippen LogP contribution in [0.5, 0.6) is 11.5 Å². The van der Waals surface area contributed by atoms with Crippen molar-refractivity contribution in [3.8, 4) is 11.5 Å². The molecule has 0 amide bonds. The van der Waals surface area contributed by atoms with E-state index < -0.39 is 5.97 Å². The minimum Gasteiger partial charge on any atom is -0.497 e. The highest BCUT2D eigenvalue weighted by Crippen LogP contribution is 2.26. The van der Waals surface area contributed by atoms with Gasteiger partial charge in [-0.25, -0.2) is 4.79 Å². The molecule has 106 valence electrons. The predicted octanol–water partition coefficient (Wildman–Crippen LogP) is 2.91. The number of hydrogen-bond acceptors (Lipinski definition) is 3.